The first-order valence-electron chi connectivity index (χ1n) is 30.6. The molecule has 0 aromatic heterocycles. The highest BCUT2D eigenvalue weighted by Crippen LogP contribution is 2.24. The number of benzene rings is 1. The summed E-state index contributed by atoms with van der Waals surface area (Å²) in [6, 6.07) is 0.587. The minimum Gasteiger partial charge on any atom is -0.508 e. The molecule has 0 aliphatic rings. The number of aliphatic hydroxyl groups excluding tert-OH is 1. The largest absolute Gasteiger partial charge is 0.508 e. The molecule has 1 rings (SSSR count). The molecule has 0 saturated heterocycles. The van der Waals surface area contributed by atoms with Gasteiger partial charge in [-0.2, -0.15) is 0 Å². The summed E-state index contributed by atoms with van der Waals surface area (Å²) in [6.07, 6.45) is -3.42. The number of hydrogen-bond acceptors (Lipinski definition) is 17. The highest BCUT2D eigenvalue weighted by atomic mass is 16.4. The number of aliphatic imine (C=N–C) groups is 2. The SMILES string of the molecule is CC(C)C[C@H](CC(=O)[C@H](CC(C)C)NC(=O)[C@H](CCCCN)CC(=O)[C@H](CCCN=C(N)N)NC(=O)[C@@H](CC(=O)[C@H](CCC(N)=O)NC(=O)[C@H](C)CC(=O)[C@H](CCCN=C(N)N)NC(=O)[C@@H](CC(=O)[C@@H](C)CC(=O)O)[C@@H](C)O)Cc1ccc(O)cc1)C(N)=O. The number of nitrogens with two attached hydrogens (primary N) is 7. The smallest absolute Gasteiger partial charge is 0.304 e. The molecule has 21 N–H and O–H groups in total. The Kier molecular flexibility index (Phi) is 36.8. The van der Waals surface area contributed by atoms with Crippen molar-refractivity contribution in [3.05, 3.63) is 29.8 Å². The number of carboxylic acid groups (broad SMARTS) is 1. The Bertz CT molecular complexity index is 2590. The van der Waals surface area contributed by atoms with Gasteiger partial charge in [0, 0.05) is 81.2 Å². The predicted molar refractivity (Wildman–Crippen MR) is 333 cm³/mol. The third-order valence-electron chi connectivity index (χ3n) is 15.1. The standard InChI is InChI=1S/C61H101N13O15/c1-33(2)24-40(55(64)85)30-52(81)47(25-34(3)4)74-57(87)39(12-8-9-21-62)29-50(79)45(14-11-23-70-61(67)68)72-58(88)41(28-38-15-17-42(76)18-16-38)31-51(80)46(19-20-53(63)82)71-56(86)36(6)26-49(78)44(13-10-22-69-60(65)66)73-59(89)43(37(7)75)32-48(77)35(5)27-54(83)84/h15-18,33-37,39-41,43-47,75-76H,8-14,19-32,62H2,1-7H3,(H2,63,82)(H2,64,85)(H,71,86)(H,72,88)(H,73,89)(H,74,87)(H,83,84)(H4,65,66,69)(H4,67,68,70)/t35-,36+,37+,39+,40+,41+,43-,44-,45-,46-,47-/m0/s1. The average Bonchev–Trinajstić information content (AvgIpc) is 3.02. The van der Waals surface area contributed by atoms with Gasteiger partial charge in [-0.25, -0.2) is 0 Å². The van der Waals surface area contributed by atoms with Crippen LogP contribution in [0.2, 0.25) is 0 Å². The fraction of sp³-hybridized carbons (Fsp3) is 0.672. The van der Waals surface area contributed by atoms with Crippen molar-refractivity contribution < 1.29 is 72.9 Å². The van der Waals surface area contributed by atoms with Gasteiger partial charge in [-0.3, -0.25) is 67.5 Å². The lowest BCUT2D eigenvalue weighted by atomic mass is 9.87. The van der Waals surface area contributed by atoms with Crippen LogP contribution < -0.4 is 61.4 Å². The number of carbonyl (C=O) groups is 12. The maximum Gasteiger partial charge on any atom is 0.304 e. The van der Waals surface area contributed by atoms with Gasteiger partial charge in [0.15, 0.2) is 35.1 Å². The lowest BCUT2D eigenvalue weighted by Gasteiger charge is -2.27. The van der Waals surface area contributed by atoms with Crippen LogP contribution in [0.3, 0.4) is 0 Å². The normalized spacial score (nSPS) is 15.0. The van der Waals surface area contributed by atoms with Gasteiger partial charge in [0.05, 0.1) is 42.6 Å². The molecule has 89 heavy (non-hydrogen) atoms. The van der Waals surface area contributed by atoms with Crippen LogP contribution in [0.25, 0.3) is 0 Å². The summed E-state index contributed by atoms with van der Waals surface area (Å²) in [4.78, 5) is 171. The number of nitrogens with zero attached hydrogens (tertiary/aromatic N) is 2. The maximum absolute atomic E-state index is 14.8. The number of ketones is 5. The maximum atomic E-state index is 14.8. The number of rotatable bonds is 48. The number of carbonyl (C=O) groups excluding carboxylic acids is 11. The van der Waals surface area contributed by atoms with Crippen molar-refractivity contribution >= 4 is 82.2 Å². The molecule has 28 nitrogen and oxygen atoms in total. The Hall–Kier alpha value is -7.88. The number of Topliss-reactive ketones (excluding diaryl/α,β-unsaturated/α-hetero) is 5. The summed E-state index contributed by atoms with van der Waals surface area (Å²) in [7, 11) is 0. The highest BCUT2D eigenvalue weighted by Gasteiger charge is 2.37. The van der Waals surface area contributed by atoms with Gasteiger partial charge in [0.2, 0.25) is 35.4 Å². The molecule has 0 bridgehead atoms. The molecule has 1 aromatic rings. The van der Waals surface area contributed by atoms with E-state index < -0.39 is 175 Å². The number of aliphatic hydroxyl groups is 1. The van der Waals surface area contributed by atoms with Gasteiger partial charge >= 0.3 is 5.97 Å². The van der Waals surface area contributed by atoms with Crippen LogP contribution in [-0.4, -0.2) is 147 Å². The average molecular weight is 1260 g/mol. The summed E-state index contributed by atoms with van der Waals surface area (Å²) in [6.45, 7) is 11.8. The number of guanidine groups is 2. The molecule has 0 heterocycles. The number of phenolic OH excluding ortho intramolecular Hbond substituents is 1. The number of amides is 6. The Labute approximate surface area is 521 Å². The van der Waals surface area contributed by atoms with Crippen LogP contribution in [0.1, 0.15) is 163 Å². The lowest BCUT2D eigenvalue weighted by Crippen LogP contribution is -2.49. The number of unbranched alkanes of at least 4 members (excludes halogenated alkanes) is 1. The second-order valence-electron chi connectivity index (χ2n) is 24.2. The fourth-order valence-electron chi connectivity index (χ4n) is 10.0. The van der Waals surface area contributed by atoms with Crippen molar-refractivity contribution in [1.29, 1.82) is 0 Å². The summed E-state index contributed by atoms with van der Waals surface area (Å²) < 4.78 is 0. The van der Waals surface area contributed by atoms with Crippen LogP contribution in [0.15, 0.2) is 34.3 Å². The highest BCUT2D eigenvalue weighted by molar-refractivity contribution is 5.99. The molecule has 0 aliphatic heterocycles. The van der Waals surface area contributed by atoms with E-state index in [2.05, 4.69) is 31.3 Å². The number of aromatic hydroxyl groups is 1. The van der Waals surface area contributed by atoms with E-state index in [0.717, 1.165) is 0 Å². The van der Waals surface area contributed by atoms with Crippen LogP contribution in [0.5, 0.6) is 5.75 Å². The quantitative estimate of drug-likeness (QED) is 0.0238. The number of hydrogen-bond donors (Lipinski definition) is 14. The Morgan fingerprint density at radius 1 is 0.483 bits per heavy atom. The van der Waals surface area contributed by atoms with E-state index in [9.17, 15) is 72.9 Å². The molecular weight excluding hydrogens is 1150 g/mol. The zero-order valence-corrected chi connectivity index (χ0v) is 52.8. The monoisotopic (exact) mass is 1260 g/mol. The first-order valence-corrected chi connectivity index (χ1v) is 30.6. The van der Waals surface area contributed by atoms with E-state index in [-0.39, 0.29) is 107 Å². The summed E-state index contributed by atoms with van der Waals surface area (Å²) in [5.41, 5.74) is 39.6. The third-order valence-corrected chi connectivity index (χ3v) is 15.1. The van der Waals surface area contributed by atoms with Crippen molar-refractivity contribution in [2.75, 3.05) is 19.6 Å². The van der Waals surface area contributed by atoms with Crippen LogP contribution in [0, 0.1) is 47.3 Å². The number of nitrogens with one attached hydrogen (secondary N) is 4. The molecule has 0 radical (unpaired) electrons. The van der Waals surface area contributed by atoms with Crippen molar-refractivity contribution in [1.82, 2.24) is 21.3 Å². The fourth-order valence-corrected chi connectivity index (χ4v) is 10.0. The van der Waals surface area contributed by atoms with Crippen LogP contribution in [0.4, 0.5) is 0 Å². The van der Waals surface area contributed by atoms with Crippen molar-refractivity contribution in [2.24, 2.45) is 97.5 Å². The molecule has 0 unspecified atom stereocenters. The first-order chi connectivity index (χ1) is 41.6. The van der Waals surface area contributed by atoms with Gasteiger partial charge in [0.25, 0.3) is 0 Å². The molecule has 0 saturated carbocycles. The molecular formula is C61H101N13O15. The van der Waals surface area contributed by atoms with Crippen molar-refractivity contribution in [3.8, 4) is 5.75 Å². The predicted octanol–water partition coefficient (Wildman–Crippen LogP) is 0.342. The summed E-state index contributed by atoms with van der Waals surface area (Å²) in [5, 5.41) is 40.6. The van der Waals surface area contributed by atoms with E-state index in [4.69, 9.17) is 40.1 Å². The van der Waals surface area contributed by atoms with Crippen LogP contribution >= 0.6 is 0 Å². The van der Waals surface area contributed by atoms with E-state index in [1.807, 2.05) is 27.7 Å². The Morgan fingerprint density at radius 3 is 1.43 bits per heavy atom. The van der Waals surface area contributed by atoms with Gasteiger partial charge in [-0.1, -0.05) is 60.1 Å². The molecule has 11 atom stereocenters. The van der Waals surface area contributed by atoms with Crippen molar-refractivity contribution in [2.45, 2.75) is 194 Å². The Balaban J connectivity index is 3.74. The van der Waals surface area contributed by atoms with Gasteiger partial charge in [-0.15, -0.1) is 0 Å². The van der Waals surface area contributed by atoms with Crippen molar-refractivity contribution in [3.63, 3.8) is 0 Å². The molecule has 28 heteroatoms. The molecule has 500 valence electrons. The van der Waals surface area contributed by atoms with Gasteiger partial charge < -0.3 is 76.7 Å². The van der Waals surface area contributed by atoms with E-state index >= 15 is 0 Å². The van der Waals surface area contributed by atoms with Gasteiger partial charge in [-0.05, 0) is 107 Å². The minimum absolute atomic E-state index is 0.0225. The summed E-state index contributed by atoms with van der Waals surface area (Å²) >= 11 is 0. The van der Waals surface area contributed by atoms with Crippen LogP contribution in [-0.2, 0) is 64.0 Å². The molecule has 0 spiro atoms. The van der Waals surface area contributed by atoms with Gasteiger partial charge in [0.1, 0.15) is 11.5 Å². The zero-order chi connectivity index (χ0) is 67.7. The molecule has 6 amide bonds. The third kappa shape index (κ3) is 32.8. The number of primary amides is 2. The topological polar surface area (TPSA) is 521 Å². The number of phenols is 1. The minimum atomic E-state index is -1.49. The van der Waals surface area contributed by atoms with E-state index in [1.165, 1.54) is 45.0 Å². The second kappa shape index (κ2) is 41.4. The first kappa shape index (κ1) is 79.1. The second-order valence-corrected chi connectivity index (χ2v) is 24.2. The zero-order valence-electron chi connectivity index (χ0n) is 52.8. The summed E-state index contributed by atoms with van der Waals surface area (Å²) in [5.74, 6) is -16.3. The lowest BCUT2D eigenvalue weighted by molar-refractivity contribution is -0.141. The number of carboxylic acids is 1. The molecule has 0 aliphatic carbocycles. The van der Waals surface area contributed by atoms with E-state index in [0.29, 0.717) is 24.8 Å². The molecule has 1 aromatic carbocycles. The number of aliphatic carboxylic acids is 1. The Morgan fingerprint density at radius 2 is 0.944 bits per heavy atom. The van der Waals surface area contributed by atoms with E-state index in [1.54, 1.807) is 0 Å². The molecule has 0 fully saturated rings.